The molecule has 0 amide bonds. The van der Waals surface area contributed by atoms with Crippen molar-refractivity contribution < 1.29 is 48.2 Å². The van der Waals surface area contributed by atoms with Crippen LogP contribution in [-0.4, -0.2) is 63.5 Å². The predicted octanol–water partition coefficient (Wildman–Crippen LogP) is 10.4. The van der Waals surface area contributed by atoms with Crippen LogP contribution in [0.4, 0.5) is 0 Å². The highest BCUT2D eigenvalue weighted by atomic mass is 31.2. The topological polar surface area (TPSA) is 160 Å². The van der Waals surface area contributed by atoms with E-state index in [1.165, 1.54) is 83.5 Å². The number of allylic oxidation sites excluding steroid dienone is 5. The van der Waals surface area contributed by atoms with Gasteiger partial charge >= 0.3 is 19.8 Å². The van der Waals surface area contributed by atoms with Crippen LogP contribution in [0.1, 0.15) is 181 Å². The number of rotatable bonds is 37. The first-order valence-corrected chi connectivity index (χ1v) is 22.3. The molecule has 0 radical (unpaired) electrons. The second kappa shape index (κ2) is 35.9. The average Bonchev–Trinajstić information content (AvgIpc) is 3.10. The normalized spacial score (nSPS) is 14.1. The quantitative estimate of drug-likeness (QED) is 0.0207. The maximum Gasteiger partial charge on any atom is 0.469 e. The van der Waals surface area contributed by atoms with Crippen molar-refractivity contribution in [2.75, 3.05) is 13.2 Å². The second-order valence-electron chi connectivity index (χ2n) is 14.8. The van der Waals surface area contributed by atoms with E-state index in [0.717, 1.165) is 44.4 Å². The van der Waals surface area contributed by atoms with Gasteiger partial charge in [0.2, 0.25) is 0 Å². The summed E-state index contributed by atoms with van der Waals surface area (Å²) < 4.78 is 26.2. The summed E-state index contributed by atoms with van der Waals surface area (Å²) in [5.41, 5.74) is 0. The van der Waals surface area contributed by atoms with Gasteiger partial charge in [0, 0.05) is 12.8 Å². The number of aliphatic hydroxyl groups excluding tert-OH is 2. The van der Waals surface area contributed by atoms with Crippen molar-refractivity contribution in [3.05, 3.63) is 36.5 Å². The molecule has 0 spiro atoms. The van der Waals surface area contributed by atoms with Crippen molar-refractivity contribution in [1.82, 2.24) is 0 Å². The molecule has 0 heterocycles. The van der Waals surface area contributed by atoms with E-state index in [1.807, 2.05) is 12.2 Å². The average molecular weight is 773 g/mol. The monoisotopic (exact) mass is 773 g/mol. The van der Waals surface area contributed by atoms with Crippen molar-refractivity contribution >= 4 is 19.8 Å². The lowest BCUT2D eigenvalue weighted by molar-refractivity contribution is -0.161. The lowest BCUT2D eigenvalue weighted by atomic mass is 10.0. The molecular formula is C42H77O10P. The van der Waals surface area contributed by atoms with E-state index in [9.17, 15) is 24.4 Å². The van der Waals surface area contributed by atoms with Crippen LogP contribution in [0.25, 0.3) is 0 Å². The third-order valence-corrected chi connectivity index (χ3v) is 9.53. The van der Waals surface area contributed by atoms with E-state index >= 15 is 0 Å². The molecule has 0 saturated carbocycles. The maximum absolute atomic E-state index is 12.4. The van der Waals surface area contributed by atoms with Gasteiger partial charge in [-0.1, -0.05) is 154 Å². The van der Waals surface area contributed by atoms with Gasteiger partial charge < -0.3 is 29.5 Å². The Bertz CT molecular complexity index is 1010. The van der Waals surface area contributed by atoms with Crippen LogP contribution >= 0.6 is 7.82 Å². The van der Waals surface area contributed by atoms with Crippen LogP contribution in [0, 0.1) is 5.92 Å². The van der Waals surface area contributed by atoms with Gasteiger partial charge in [-0.05, 0) is 57.3 Å². The van der Waals surface area contributed by atoms with Crippen LogP contribution < -0.4 is 0 Å². The molecule has 0 aliphatic rings. The Morgan fingerprint density at radius 1 is 0.604 bits per heavy atom. The van der Waals surface area contributed by atoms with Gasteiger partial charge in [0.25, 0.3) is 0 Å². The van der Waals surface area contributed by atoms with Crippen LogP contribution in [0.3, 0.4) is 0 Å². The number of aliphatic hydroxyl groups is 2. The van der Waals surface area contributed by atoms with E-state index in [1.54, 1.807) is 0 Å². The SMILES string of the molecule is CCCCC/C=C\C/C=C\C/C=C\CC(O)C(O)CCCC(=O)O[C@H](COC(=O)CCCCCCCCCCCCCCCC(C)C)COP(=O)(O)O. The van der Waals surface area contributed by atoms with Crippen molar-refractivity contribution in [2.45, 2.75) is 200 Å². The molecule has 0 aromatic carbocycles. The first kappa shape index (κ1) is 51.2. The number of ether oxygens (including phenoxy) is 2. The molecule has 3 atom stereocenters. The Morgan fingerprint density at radius 3 is 1.70 bits per heavy atom. The lowest BCUT2D eigenvalue weighted by Crippen LogP contribution is -2.30. The van der Waals surface area contributed by atoms with Gasteiger partial charge in [-0.3, -0.25) is 14.1 Å². The highest BCUT2D eigenvalue weighted by Gasteiger charge is 2.23. The fourth-order valence-electron chi connectivity index (χ4n) is 5.78. The number of unbranched alkanes of at least 4 members (excludes halogenated alkanes) is 15. The Balaban J connectivity index is 4.17. The van der Waals surface area contributed by atoms with Crippen molar-refractivity contribution in [3.63, 3.8) is 0 Å². The summed E-state index contributed by atoms with van der Waals surface area (Å²) in [4.78, 5) is 42.9. The maximum atomic E-state index is 12.4. The Hall–Kier alpha value is -1.81. The van der Waals surface area contributed by atoms with Crippen molar-refractivity contribution in [1.29, 1.82) is 0 Å². The summed E-state index contributed by atoms with van der Waals surface area (Å²) in [7, 11) is -4.83. The first-order chi connectivity index (χ1) is 25.4. The molecule has 0 fully saturated rings. The van der Waals surface area contributed by atoms with Crippen molar-refractivity contribution in [3.8, 4) is 0 Å². The van der Waals surface area contributed by atoms with E-state index < -0.39 is 44.7 Å². The molecule has 310 valence electrons. The molecule has 10 nitrogen and oxygen atoms in total. The van der Waals surface area contributed by atoms with Crippen LogP contribution in [0.5, 0.6) is 0 Å². The number of esters is 2. The predicted molar refractivity (Wildman–Crippen MR) is 214 cm³/mol. The van der Waals surface area contributed by atoms with E-state index in [2.05, 4.69) is 49.6 Å². The standard InChI is InChI=1S/C42H77O10P/c1-4-5-6-7-8-9-10-15-18-21-24-27-31-39(43)40(44)32-29-34-42(46)52-38(36-51-53(47,48)49)35-50-41(45)33-28-25-22-19-16-13-11-12-14-17-20-23-26-30-37(2)3/h8-9,15,18,24,27,37-40,43-44H,4-7,10-14,16-17,19-23,25-26,28-36H2,1-3H3,(H2,47,48,49)/b9-8-,18-15-,27-24-/t38-,39?,40?/m1/s1. The van der Waals surface area contributed by atoms with E-state index in [-0.39, 0.29) is 38.7 Å². The zero-order valence-corrected chi connectivity index (χ0v) is 34.4. The number of phosphoric acid groups is 1. The van der Waals surface area contributed by atoms with Crippen LogP contribution in [-0.2, 0) is 28.2 Å². The Kier molecular flexibility index (Phi) is 34.6. The van der Waals surface area contributed by atoms with Crippen LogP contribution in [0.15, 0.2) is 36.5 Å². The third kappa shape index (κ3) is 38.3. The smallest absolute Gasteiger partial charge is 0.462 e. The molecule has 0 aliphatic carbocycles. The molecule has 4 N–H and O–H groups in total. The van der Waals surface area contributed by atoms with Gasteiger partial charge in [-0.15, -0.1) is 0 Å². The molecule has 53 heavy (non-hydrogen) atoms. The fraction of sp³-hybridized carbons (Fsp3) is 0.810. The van der Waals surface area contributed by atoms with E-state index in [4.69, 9.17) is 19.3 Å². The molecule has 0 rings (SSSR count). The van der Waals surface area contributed by atoms with Gasteiger partial charge in [-0.2, -0.15) is 0 Å². The number of carbonyl (C=O) groups is 2. The fourth-order valence-corrected chi connectivity index (χ4v) is 6.14. The molecule has 0 bridgehead atoms. The van der Waals surface area contributed by atoms with E-state index in [0.29, 0.717) is 6.42 Å². The zero-order valence-electron chi connectivity index (χ0n) is 33.6. The van der Waals surface area contributed by atoms with Crippen LogP contribution in [0.2, 0.25) is 0 Å². The molecule has 0 saturated heterocycles. The minimum atomic E-state index is -4.83. The van der Waals surface area contributed by atoms with Gasteiger partial charge in [0.1, 0.15) is 6.61 Å². The molecule has 0 aromatic heterocycles. The van der Waals surface area contributed by atoms with Crippen molar-refractivity contribution in [2.24, 2.45) is 5.92 Å². The van der Waals surface area contributed by atoms with Gasteiger partial charge in [0.05, 0.1) is 18.8 Å². The zero-order chi connectivity index (χ0) is 39.4. The molecule has 0 aliphatic heterocycles. The van der Waals surface area contributed by atoms with Gasteiger partial charge in [-0.25, -0.2) is 4.57 Å². The summed E-state index contributed by atoms with van der Waals surface area (Å²) in [5.74, 6) is -0.354. The first-order valence-electron chi connectivity index (χ1n) is 20.8. The molecule has 11 heteroatoms. The molecular weight excluding hydrogens is 695 g/mol. The molecule has 0 aromatic rings. The number of hydrogen-bond acceptors (Lipinski definition) is 8. The summed E-state index contributed by atoms with van der Waals surface area (Å²) in [6.07, 6.45) is 33.3. The highest BCUT2D eigenvalue weighted by molar-refractivity contribution is 7.46. The number of carbonyl (C=O) groups excluding carboxylic acids is 2. The third-order valence-electron chi connectivity index (χ3n) is 9.04. The summed E-state index contributed by atoms with van der Waals surface area (Å²) >= 11 is 0. The highest BCUT2D eigenvalue weighted by Crippen LogP contribution is 2.36. The summed E-state index contributed by atoms with van der Waals surface area (Å²) in [6, 6.07) is 0. The second-order valence-corrected chi connectivity index (χ2v) is 16.0. The largest absolute Gasteiger partial charge is 0.469 e. The summed E-state index contributed by atoms with van der Waals surface area (Å²) in [5, 5.41) is 20.6. The number of hydrogen-bond donors (Lipinski definition) is 4. The minimum Gasteiger partial charge on any atom is -0.462 e. The Labute approximate surface area is 322 Å². The summed E-state index contributed by atoms with van der Waals surface area (Å²) in [6.45, 7) is 5.74. The van der Waals surface area contributed by atoms with Gasteiger partial charge in [0.15, 0.2) is 6.10 Å². The minimum absolute atomic E-state index is 0.101. The number of phosphoric ester groups is 1. The molecule has 2 unspecified atom stereocenters. The lowest BCUT2D eigenvalue weighted by Gasteiger charge is -2.19. The Morgan fingerprint density at radius 2 is 1.13 bits per heavy atom.